The molecule has 0 aliphatic heterocycles. The van der Waals surface area contributed by atoms with Gasteiger partial charge >= 0.3 is 0 Å². The molecule has 0 unspecified atom stereocenters. The van der Waals surface area contributed by atoms with Gasteiger partial charge in [0.1, 0.15) is 5.01 Å². The number of aromatic nitrogens is 3. The Labute approximate surface area is 114 Å². The van der Waals surface area contributed by atoms with Crippen molar-refractivity contribution >= 4 is 23.1 Å². The Kier molecular flexibility index (Phi) is 4.73. The highest BCUT2D eigenvalue weighted by atomic mass is 32.2. The van der Waals surface area contributed by atoms with E-state index in [1.807, 2.05) is 12.3 Å². The lowest BCUT2D eigenvalue weighted by Crippen LogP contribution is -2.11. The summed E-state index contributed by atoms with van der Waals surface area (Å²) in [4.78, 5) is 8.69. The molecular weight excluding hydrogens is 268 g/mol. The van der Waals surface area contributed by atoms with Crippen molar-refractivity contribution in [2.75, 3.05) is 12.0 Å². The summed E-state index contributed by atoms with van der Waals surface area (Å²) in [6.45, 7) is 1.97. The van der Waals surface area contributed by atoms with E-state index in [1.165, 1.54) is 0 Å². The second-order valence-corrected chi connectivity index (χ2v) is 5.92. The molecule has 0 bridgehead atoms. The number of hydrogen-bond acceptors (Lipinski definition) is 7. The van der Waals surface area contributed by atoms with Crippen LogP contribution >= 0.6 is 23.1 Å². The van der Waals surface area contributed by atoms with Gasteiger partial charge in [0.15, 0.2) is 5.82 Å². The first-order valence-corrected chi connectivity index (χ1v) is 7.94. The number of aryl methyl sites for hydroxylation is 1. The zero-order valence-electron chi connectivity index (χ0n) is 10.4. The van der Waals surface area contributed by atoms with Crippen molar-refractivity contribution in [1.82, 2.24) is 15.1 Å². The molecule has 0 amide bonds. The second-order valence-electron chi connectivity index (χ2n) is 4.00. The molecule has 2 aromatic rings. The van der Waals surface area contributed by atoms with Gasteiger partial charge in [-0.15, -0.1) is 11.3 Å². The summed E-state index contributed by atoms with van der Waals surface area (Å²) in [7, 11) is 0. The molecule has 0 aromatic carbocycles. The van der Waals surface area contributed by atoms with Crippen LogP contribution in [0, 0.1) is 6.92 Å². The molecule has 18 heavy (non-hydrogen) atoms. The van der Waals surface area contributed by atoms with Crippen LogP contribution in [0.2, 0.25) is 0 Å². The molecule has 0 radical (unpaired) electrons. The first-order chi connectivity index (χ1) is 8.69. The Morgan fingerprint density at radius 2 is 2.33 bits per heavy atom. The van der Waals surface area contributed by atoms with Crippen LogP contribution in [0.25, 0.3) is 0 Å². The molecule has 2 rings (SSSR count). The molecule has 2 N–H and O–H groups in total. The van der Waals surface area contributed by atoms with Gasteiger partial charge in [-0.1, -0.05) is 5.16 Å². The maximum atomic E-state index is 5.97. The molecule has 0 fully saturated rings. The fraction of sp³-hybridized carbons (Fsp3) is 0.545. The van der Waals surface area contributed by atoms with E-state index in [0.717, 1.165) is 22.9 Å². The number of thiazole rings is 1. The van der Waals surface area contributed by atoms with E-state index in [0.29, 0.717) is 18.1 Å². The molecule has 0 aliphatic carbocycles. The Morgan fingerprint density at radius 1 is 1.50 bits per heavy atom. The third-order valence-corrected chi connectivity index (χ3v) is 4.02. The monoisotopic (exact) mass is 284 g/mol. The van der Waals surface area contributed by atoms with Crippen LogP contribution in [0.15, 0.2) is 9.90 Å². The molecule has 0 saturated carbocycles. The van der Waals surface area contributed by atoms with E-state index in [-0.39, 0.29) is 6.04 Å². The quantitative estimate of drug-likeness (QED) is 0.876. The van der Waals surface area contributed by atoms with Gasteiger partial charge in [-0.05, 0) is 25.4 Å². The Morgan fingerprint density at radius 3 is 3.00 bits per heavy atom. The van der Waals surface area contributed by atoms with Crippen LogP contribution in [-0.4, -0.2) is 27.1 Å². The molecule has 2 aromatic heterocycles. The number of rotatable bonds is 6. The number of hydrogen-bond donors (Lipinski definition) is 1. The highest BCUT2D eigenvalue weighted by Gasteiger charge is 2.15. The molecule has 2 heterocycles. The minimum absolute atomic E-state index is 0.170. The summed E-state index contributed by atoms with van der Waals surface area (Å²) in [5, 5.41) is 6.96. The van der Waals surface area contributed by atoms with E-state index < -0.39 is 0 Å². The lowest BCUT2D eigenvalue weighted by molar-refractivity contribution is 0.349. The van der Waals surface area contributed by atoms with Crippen LogP contribution < -0.4 is 5.73 Å². The summed E-state index contributed by atoms with van der Waals surface area (Å²) >= 11 is 3.37. The van der Waals surface area contributed by atoms with Gasteiger partial charge in [-0.3, -0.25) is 0 Å². The molecule has 0 aliphatic rings. The number of thioether (sulfide) groups is 1. The standard InChI is InChI=1S/C11H16N4OS2/c1-7-6-18-10(13-7)5-9-14-11(16-15-9)8(12)3-4-17-2/h6,8H,3-5,12H2,1-2H3/t8-/m0/s1. The molecule has 7 heteroatoms. The largest absolute Gasteiger partial charge is 0.338 e. The molecule has 5 nitrogen and oxygen atoms in total. The number of nitrogens with zero attached hydrogens (tertiary/aromatic N) is 3. The topological polar surface area (TPSA) is 77.8 Å². The first kappa shape index (κ1) is 13.5. The van der Waals surface area contributed by atoms with Crippen LogP contribution in [0.1, 0.15) is 34.9 Å². The predicted octanol–water partition coefficient (Wildman–Crippen LogP) is 2.18. The van der Waals surface area contributed by atoms with Gasteiger partial charge < -0.3 is 10.3 Å². The van der Waals surface area contributed by atoms with Crippen LogP contribution in [0.5, 0.6) is 0 Å². The van der Waals surface area contributed by atoms with Crippen LogP contribution in [0.3, 0.4) is 0 Å². The van der Waals surface area contributed by atoms with Crippen molar-refractivity contribution in [3.05, 3.63) is 27.8 Å². The molecule has 1 atom stereocenters. The summed E-state index contributed by atoms with van der Waals surface area (Å²) in [5.74, 6) is 2.16. The van der Waals surface area contributed by atoms with Gasteiger partial charge in [-0.25, -0.2) is 4.98 Å². The van der Waals surface area contributed by atoms with Gasteiger partial charge in [0.05, 0.1) is 12.5 Å². The summed E-state index contributed by atoms with van der Waals surface area (Å²) in [6, 6.07) is -0.170. The maximum absolute atomic E-state index is 5.97. The van der Waals surface area contributed by atoms with E-state index in [9.17, 15) is 0 Å². The third kappa shape index (κ3) is 3.54. The lowest BCUT2D eigenvalue weighted by atomic mass is 10.2. The molecular formula is C11H16N4OS2. The second kappa shape index (κ2) is 6.31. The van der Waals surface area contributed by atoms with Crippen molar-refractivity contribution in [3.8, 4) is 0 Å². The maximum Gasteiger partial charge on any atom is 0.243 e. The molecule has 98 valence electrons. The van der Waals surface area contributed by atoms with Crippen LogP contribution in [-0.2, 0) is 6.42 Å². The van der Waals surface area contributed by atoms with E-state index in [4.69, 9.17) is 10.3 Å². The molecule has 0 saturated heterocycles. The van der Waals surface area contributed by atoms with E-state index in [1.54, 1.807) is 23.1 Å². The van der Waals surface area contributed by atoms with Crippen molar-refractivity contribution in [2.24, 2.45) is 5.73 Å². The van der Waals surface area contributed by atoms with Gasteiger partial charge in [-0.2, -0.15) is 16.7 Å². The van der Waals surface area contributed by atoms with Gasteiger partial charge in [0, 0.05) is 11.1 Å². The normalized spacial score (nSPS) is 12.8. The lowest BCUT2D eigenvalue weighted by Gasteiger charge is -2.03. The van der Waals surface area contributed by atoms with Crippen molar-refractivity contribution in [1.29, 1.82) is 0 Å². The van der Waals surface area contributed by atoms with Crippen molar-refractivity contribution < 1.29 is 4.52 Å². The summed E-state index contributed by atoms with van der Waals surface area (Å²) in [5.41, 5.74) is 6.99. The first-order valence-electron chi connectivity index (χ1n) is 5.67. The van der Waals surface area contributed by atoms with Gasteiger partial charge in [0.2, 0.25) is 5.89 Å². The summed E-state index contributed by atoms with van der Waals surface area (Å²) in [6.07, 6.45) is 3.51. The third-order valence-electron chi connectivity index (χ3n) is 2.41. The Bertz CT molecular complexity index is 497. The average molecular weight is 284 g/mol. The zero-order chi connectivity index (χ0) is 13.0. The predicted molar refractivity (Wildman–Crippen MR) is 73.9 cm³/mol. The smallest absolute Gasteiger partial charge is 0.243 e. The highest BCUT2D eigenvalue weighted by Crippen LogP contribution is 2.16. The van der Waals surface area contributed by atoms with E-state index >= 15 is 0 Å². The van der Waals surface area contributed by atoms with Crippen molar-refractivity contribution in [2.45, 2.75) is 25.8 Å². The fourth-order valence-corrected chi connectivity index (χ4v) is 2.74. The Hall–Kier alpha value is -0.920. The van der Waals surface area contributed by atoms with Crippen molar-refractivity contribution in [3.63, 3.8) is 0 Å². The fourth-order valence-electron chi connectivity index (χ4n) is 1.48. The average Bonchev–Trinajstić information content (AvgIpc) is 2.96. The van der Waals surface area contributed by atoms with Crippen LogP contribution in [0.4, 0.5) is 0 Å². The minimum atomic E-state index is -0.170. The highest BCUT2D eigenvalue weighted by molar-refractivity contribution is 7.98. The van der Waals surface area contributed by atoms with E-state index in [2.05, 4.69) is 21.4 Å². The SMILES string of the molecule is CSCC[C@H](N)c1nc(Cc2nc(C)cs2)no1. The minimum Gasteiger partial charge on any atom is -0.338 e. The zero-order valence-corrected chi connectivity index (χ0v) is 12.1. The van der Waals surface area contributed by atoms with Gasteiger partial charge in [0.25, 0.3) is 0 Å². The molecule has 0 spiro atoms. The number of nitrogens with two attached hydrogens (primary N) is 1. The Balaban J connectivity index is 1.97. The summed E-state index contributed by atoms with van der Waals surface area (Å²) < 4.78 is 5.18.